The highest BCUT2D eigenvalue weighted by Crippen LogP contribution is 2.30. The van der Waals surface area contributed by atoms with Crippen molar-refractivity contribution < 1.29 is 4.52 Å². The van der Waals surface area contributed by atoms with Gasteiger partial charge in [0.05, 0.1) is 11.6 Å². The van der Waals surface area contributed by atoms with Crippen molar-refractivity contribution in [2.24, 2.45) is 5.73 Å². The predicted molar refractivity (Wildman–Crippen MR) is 87.7 cm³/mol. The number of hydrogen-bond acceptors (Lipinski definition) is 5. The molecule has 2 aromatic rings. The van der Waals surface area contributed by atoms with Crippen LogP contribution in [0.4, 0.5) is 0 Å². The number of hydrogen-bond donors (Lipinski definition) is 1. The third-order valence-corrected chi connectivity index (χ3v) is 4.74. The van der Waals surface area contributed by atoms with Crippen LogP contribution in [0.2, 0.25) is 0 Å². The number of nitrogens with zero attached hydrogens (tertiary/aromatic N) is 3. The molecule has 1 saturated heterocycles. The molecule has 1 atom stereocenters. The summed E-state index contributed by atoms with van der Waals surface area (Å²) in [6.45, 7) is 2.99. The van der Waals surface area contributed by atoms with Gasteiger partial charge in [0.2, 0.25) is 0 Å². The SMILES string of the molecule is NC(CN1CCCC1)c1noc(-c2ccc(Br)cc2Br)n1. The summed E-state index contributed by atoms with van der Waals surface area (Å²) in [4.78, 5) is 6.78. The van der Waals surface area contributed by atoms with Crippen LogP contribution in [0.15, 0.2) is 31.7 Å². The summed E-state index contributed by atoms with van der Waals surface area (Å²) in [5, 5.41) is 4.03. The fraction of sp³-hybridized carbons (Fsp3) is 0.429. The summed E-state index contributed by atoms with van der Waals surface area (Å²) in [6, 6.07) is 5.60. The van der Waals surface area contributed by atoms with Gasteiger partial charge in [0.25, 0.3) is 5.89 Å². The Morgan fingerprint density at radius 2 is 2.05 bits per heavy atom. The number of benzene rings is 1. The van der Waals surface area contributed by atoms with Crippen molar-refractivity contribution in [1.29, 1.82) is 0 Å². The highest BCUT2D eigenvalue weighted by Gasteiger charge is 2.21. The van der Waals surface area contributed by atoms with E-state index in [1.165, 1.54) is 12.8 Å². The Balaban J connectivity index is 1.76. The third-order valence-electron chi connectivity index (χ3n) is 3.59. The second-order valence-corrected chi connectivity index (χ2v) is 6.97. The van der Waals surface area contributed by atoms with Crippen molar-refractivity contribution in [3.8, 4) is 11.5 Å². The maximum atomic E-state index is 6.18. The van der Waals surface area contributed by atoms with Crippen molar-refractivity contribution in [3.05, 3.63) is 33.0 Å². The molecule has 112 valence electrons. The van der Waals surface area contributed by atoms with Gasteiger partial charge in [-0.15, -0.1) is 0 Å². The van der Waals surface area contributed by atoms with E-state index in [0.29, 0.717) is 11.7 Å². The molecule has 1 aromatic carbocycles. The van der Waals surface area contributed by atoms with Crippen molar-refractivity contribution in [3.63, 3.8) is 0 Å². The molecular formula is C14H16Br2N4O. The van der Waals surface area contributed by atoms with E-state index in [0.717, 1.165) is 34.1 Å². The van der Waals surface area contributed by atoms with Gasteiger partial charge in [-0.3, -0.25) is 0 Å². The van der Waals surface area contributed by atoms with Crippen LogP contribution in [-0.2, 0) is 0 Å². The standard InChI is InChI=1S/C14H16Br2N4O/c15-9-3-4-10(11(16)7-9)14-18-13(19-21-14)12(17)8-20-5-1-2-6-20/h3-4,7,12H,1-2,5-6,8,17H2. The first-order valence-electron chi connectivity index (χ1n) is 6.90. The van der Waals surface area contributed by atoms with Gasteiger partial charge >= 0.3 is 0 Å². The molecule has 2 heterocycles. The normalized spacial score (nSPS) is 17.3. The highest BCUT2D eigenvalue weighted by molar-refractivity contribution is 9.11. The number of likely N-dealkylation sites (tertiary alicyclic amines) is 1. The van der Waals surface area contributed by atoms with Crippen LogP contribution in [0.3, 0.4) is 0 Å². The Morgan fingerprint density at radius 3 is 2.76 bits per heavy atom. The summed E-state index contributed by atoms with van der Waals surface area (Å²) in [5.41, 5.74) is 7.05. The Morgan fingerprint density at radius 1 is 1.29 bits per heavy atom. The molecule has 1 unspecified atom stereocenters. The van der Waals surface area contributed by atoms with E-state index < -0.39 is 0 Å². The molecule has 0 aliphatic carbocycles. The van der Waals surface area contributed by atoms with Gasteiger partial charge in [0.1, 0.15) is 0 Å². The zero-order chi connectivity index (χ0) is 14.8. The summed E-state index contributed by atoms with van der Waals surface area (Å²) in [5.74, 6) is 1.05. The van der Waals surface area contributed by atoms with Crippen LogP contribution in [0.1, 0.15) is 24.7 Å². The van der Waals surface area contributed by atoms with Gasteiger partial charge in [0.15, 0.2) is 5.82 Å². The minimum atomic E-state index is -0.213. The van der Waals surface area contributed by atoms with Crippen LogP contribution in [0.5, 0.6) is 0 Å². The van der Waals surface area contributed by atoms with Crippen LogP contribution >= 0.6 is 31.9 Å². The van der Waals surface area contributed by atoms with Gasteiger partial charge < -0.3 is 15.2 Å². The number of aromatic nitrogens is 2. The van der Waals surface area contributed by atoms with Crippen LogP contribution in [0.25, 0.3) is 11.5 Å². The Bertz CT molecular complexity index is 625. The minimum Gasteiger partial charge on any atom is -0.334 e. The lowest BCUT2D eigenvalue weighted by molar-refractivity contribution is 0.306. The molecule has 0 saturated carbocycles. The molecule has 0 bridgehead atoms. The van der Waals surface area contributed by atoms with Crippen molar-refractivity contribution in [2.75, 3.05) is 19.6 Å². The topological polar surface area (TPSA) is 68.2 Å². The van der Waals surface area contributed by atoms with Crippen LogP contribution in [-0.4, -0.2) is 34.7 Å². The second kappa shape index (κ2) is 6.56. The lowest BCUT2D eigenvalue weighted by Crippen LogP contribution is -2.30. The molecule has 1 fully saturated rings. The zero-order valence-electron chi connectivity index (χ0n) is 11.4. The molecule has 1 aliphatic rings. The monoisotopic (exact) mass is 414 g/mol. The van der Waals surface area contributed by atoms with Gasteiger partial charge in [-0.25, -0.2) is 0 Å². The fourth-order valence-electron chi connectivity index (χ4n) is 2.48. The number of rotatable bonds is 4. The van der Waals surface area contributed by atoms with Gasteiger partial charge in [0, 0.05) is 15.5 Å². The molecule has 0 radical (unpaired) electrons. The molecule has 1 aromatic heterocycles. The number of halogens is 2. The fourth-order valence-corrected chi connectivity index (χ4v) is 3.70. The summed E-state index contributed by atoms with van der Waals surface area (Å²) < 4.78 is 7.24. The van der Waals surface area contributed by atoms with Crippen molar-refractivity contribution >= 4 is 31.9 Å². The first-order valence-corrected chi connectivity index (χ1v) is 8.49. The molecule has 1 aliphatic heterocycles. The molecule has 0 amide bonds. The zero-order valence-corrected chi connectivity index (χ0v) is 14.6. The van der Waals surface area contributed by atoms with Crippen LogP contribution < -0.4 is 5.73 Å². The van der Waals surface area contributed by atoms with E-state index in [2.05, 4.69) is 46.9 Å². The molecule has 3 rings (SSSR count). The van der Waals surface area contributed by atoms with E-state index in [-0.39, 0.29) is 6.04 Å². The predicted octanol–water partition coefficient (Wildman–Crippen LogP) is 3.36. The van der Waals surface area contributed by atoms with Gasteiger partial charge in [-0.05, 0) is 60.1 Å². The maximum Gasteiger partial charge on any atom is 0.259 e. The smallest absolute Gasteiger partial charge is 0.259 e. The van der Waals surface area contributed by atoms with Crippen molar-refractivity contribution in [1.82, 2.24) is 15.0 Å². The summed E-state index contributed by atoms with van der Waals surface area (Å²) >= 11 is 6.93. The number of nitrogens with two attached hydrogens (primary N) is 1. The first-order chi connectivity index (χ1) is 10.1. The molecule has 0 spiro atoms. The minimum absolute atomic E-state index is 0.213. The summed E-state index contributed by atoms with van der Waals surface area (Å²) in [6.07, 6.45) is 2.49. The lowest BCUT2D eigenvalue weighted by atomic mass is 10.2. The third kappa shape index (κ3) is 3.53. The Kier molecular flexibility index (Phi) is 4.73. The van der Waals surface area contributed by atoms with Gasteiger partial charge in [-0.1, -0.05) is 21.1 Å². The lowest BCUT2D eigenvalue weighted by Gasteiger charge is -2.17. The van der Waals surface area contributed by atoms with E-state index in [4.69, 9.17) is 10.3 Å². The maximum absolute atomic E-state index is 6.18. The highest BCUT2D eigenvalue weighted by atomic mass is 79.9. The van der Waals surface area contributed by atoms with E-state index in [1.54, 1.807) is 0 Å². The molecule has 21 heavy (non-hydrogen) atoms. The van der Waals surface area contributed by atoms with E-state index in [1.807, 2.05) is 18.2 Å². The Hall–Kier alpha value is -0.760. The van der Waals surface area contributed by atoms with Crippen molar-refractivity contribution in [2.45, 2.75) is 18.9 Å². The summed E-state index contributed by atoms with van der Waals surface area (Å²) in [7, 11) is 0. The van der Waals surface area contributed by atoms with Gasteiger partial charge in [-0.2, -0.15) is 4.98 Å². The average Bonchev–Trinajstić information content (AvgIpc) is 3.09. The molecular weight excluding hydrogens is 400 g/mol. The van der Waals surface area contributed by atoms with E-state index >= 15 is 0 Å². The second-order valence-electron chi connectivity index (χ2n) is 5.20. The molecule has 7 heteroatoms. The average molecular weight is 416 g/mol. The van der Waals surface area contributed by atoms with Crippen LogP contribution in [0, 0.1) is 0 Å². The first kappa shape index (κ1) is 15.1. The quantitative estimate of drug-likeness (QED) is 0.829. The molecule has 2 N–H and O–H groups in total. The van der Waals surface area contributed by atoms with E-state index in [9.17, 15) is 0 Å². The largest absolute Gasteiger partial charge is 0.334 e. The molecule has 5 nitrogen and oxygen atoms in total. The Labute approximate surface area is 140 Å².